The molecule has 0 aliphatic heterocycles. The molecule has 0 spiro atoms. The molecule has 8 heteroatoms. The summed E-state index contributed by atoms with van der Waals surface area (Å²) < 4.78 is 36.4. The lowest BCUT2D eigenvalue weighted by Gasteiger charge is -2.04. The van der Waals surface area contributed by atoms with E-state index >= 15 is 0 Å². The van der Waals surface area contributed by atoms with E-state index < -0.39 is 12.6 Å². The smallest absolute Gasteiger partial charge is 0.387 e. The number of nitrogens with two attached hydrogens (primary N) is 1. The van der Waals surface area contributed by atoms with Crippen LogP contribution in [0.3, 0.4) is 0 Å². The third-order valence-electron chi connectivity index (χ3n) is 1.38. The van der Waals surface area contributed by atoms with Gasteiger partial charge in [-0.15, -0.1) is 5.10 Å². The van der Waals surface area contributed by atoms with Crippen LogP contribution in [0.4, 0.5) is 13.2 Å². The van der Waals surface area contributed by atoms with Gasteiger partial charge in [-0.3, -0.25) is 4.68 Å². The molecular formula is C6H7F3N4S. The lowest BCUT2D eigenvalue weighted by molar-refractivity contribution is -0.137. The van der Waals surface area contributed by atoms with Crippen molar-refractivity contribution in [1.29, 1.82) is 0 Å². The van der Waals surface area contributed by atoms with Crippen LogP contribution in [0, 0.1) is 0 Å². The zero-order valence-corrected chi connectivity index (χ0v) is 7.77. The summed E-state index contributed by atoms with van der Waals surface area (Å²) in [5.41, 5.74) is 5.18. The number of hydrogen-bond donors (Lipinski definition) is 1. The van der Waals surface area contributed by atoms with E-state index in [9.17, 15) is 13.2 Å². The first-order valence-corrected chi connectivity index (χ1v) is 4.05. The molecule has 0 radical (unpaired) electrons. The molecule has 1 aromatic rings. The van der Waals surface area contributed by atoms with Gasteiger partial charge < -0.3 is 5.73 Å². The van der Waals surface area contributed by atoms with Crippen LogP contribution in [-0.2, 0) is 6.54 Å². The van der Waals surface area contributed by atoms with Crippen molar-refractivity contribution < 1.29 is 13.2 Å². The van der Waals surface area contributed by atoms with E-state index in [2.05, 4.69) is 22.3 Å². The summed E-state index contributed by atoms with van der Waals surface area (Å²) in [7, 11) is 0. The van der Waals surface area contributed by atoms with Crippen LogP contribution >= 0.6 is 12.2 Å². The molecule has 14 heavy (non-hydrogen) atoms. The summed E-state index contributed by atoms with van der Waals surface area (Å²) in [5.74, 6) is 0.0853. The average Bonchev–Trinajstić information content (AvgIpc) is 2.47. The van der Waals surface area contributed by atoms with Crippen LogP contribution < -0.4 is 5.73 Å². The van der Waals surface area contributed by atoms with E-state index in [1.807, 2.05) is 0 Å². The van der Waals surface area contributed by atoms with Gasteiger partial charge in [0.25, 0.3) is 0 Å². The maximum atomic E-state index is 11.8. The zero-order valence-electron chi connectivity index (χ0n) is 6.95. The van der Waals surface area contributed by atoms with Gasteiger partial charge in [0.05, 0.1) is 13.0 Å². The Morgan fingerprint density at radius 2 is 2.21 bits per heavy atom. The number of thiocarbonyl (C=S) groups is 1. The number of aromatic nitrogens is 3. The van der Waals surface area contributed by atoms with Crippen LogP contribution in [0.2, 0.25) is 0 Å². The van der Waals surface area contributed by atoms with E-state index in [-0.39, 0.29) is 17.4 Å². The summed E-state index contributed by atoms with van der Waals surface area (Å²) in [6.45, 7) is -0.279. The molecule has 0 aromatic carbocycles. The second kappa shape index (κ2) is 3.91. The van der Waals surface area contributed by atoms with E-state index in [4.69, 9.17) is 5.73 Å². The monoisotopic (exact) mass is 224 g/mol. The second-order valence-corrected chi connectivity index (χ2v) is 3.00. The first-order valence-electron chi connectivity index (χ1n) is 3.64. The Bertz CT molecular complexity index is 332. The Morgan fingerprint density at radius 1 is 1.57 bits per heavy atom. The fourth-order valence-corrected chi connectivity index (χ4v) is 0.850. The van der Waals surface area contributed by atoms with Gasteiger partial charge in [0.2, 0.25) is 5.82 Å². The van der Waals surface area contributed by atoms with Gasteiger partial charge in [-0.1, -0.05) is 12.2 Å². The molecule has 4 nitrogen and oxygen atoms in total. The first kappa shape index (κ1) is 10.9. The van der Waals surface area contributed by atoms with Crippen molar-refractivity contribution in [2.45, 2.75) is 19.1 Å². The predicted octanol–water partition coefficient (Wildman–Crippen LogP) is 0.865. The molecule has 0 aliphatic carbocycles. The van der Waals surface area contributed by atoms with Gasteiger partial charge >= 0.3 is 6.18 Å². The van der Waals surface area contributed by atoms with Crippen LogP contribution in [0.5, 0.6) is 0 Å². The standard InChI is InChI=1S/C6H7F3N4S/c7-6(8,9)1-2-13-3-11-5(12-13)4(10)14/h3H,1-2H2,(H2,10,14). The molecular weight excluding hydrogens is 217 g/mol. The van der Waals surface area contributed by atoms with Gasteiger partial charge in [-0.05, 0) is 0 Å². The number of halogens is 3. The Hall–Kier alpha value is -1.18. The summed E-state index contributed by atoms with van der Waals surface area (Å²) in [6.07, 6.45) is -3.98. The Morgan fingerprint density at radius 3 is 2.64 bits per heavy atom. The highest BCUT2D eigenvalue weighted by Gasteiger charge is 2.26. The van der Waals surface area contributed by atoms with Gasteiger partial charge in [-0.25, -0.2) is 4.98 Å². The second-order valence-electron chi connectivity index (χ2n) is 2.56. The number of hydrogen-bond acceptors (Lipinski definition) is 3. The fraction of sp³-hybridized carbons (Fsp3) is 0.500. The first-order chi connectivity index (χ1) is 6.38. The third-order valence-corrected chi connectivity index (χ3v) is 1.56. The van der Waals surface area contributed by atoms with E-state index in [1.165, 1.54) is 6.33 Å². The normalized spacial score (nSPS) is 11.6. The number of nitrogens with zero attached hydrogens (tertiary/aromatic N) is 3. The fourth-order valence-electron chi connectivity index (χ4n) is 0.757. The molecule has 0 saturated heterocycles. The Kier molecular flexibility index (Phi) is 3.04. The molecule has 78 valence electrons. The van der Waals surface area contributed by atoms with Crippen LogP contribution in [0.25, 0.3) is 0 Å². The molecule has 0 saturated carbocycles. The maximum absolute atomic E-state index is 11.8. The summed E-state index contributed by atoms with van der Waals surface area (Å²) in [6, 6.07) is 0. The minimum absolute atomic E-state index is 0.0317. The number of aryl methyl sites for hydroxylation is 1. The molecule has 0 amide bonds. The molecule has 0 unspecified atom stereocenters. The molecule has 1 heterocycles. The highest BCUT2D eigenvalue weighted by molar-refractivity contribution is 7.80. The minimum Gasteiger partial charge on any atom is -0.387 e. The van der Waals surface area contributed by atoms with Gasteiger partial charge in [0.15, 0.2) is 0 Å². The van der Waals surface area contributed by atoms with E-state index in [0.29, 0.717) is 0 Å². The predicted molar refractivity (Wildman–Crippen MR) is 46.6 cm³/mol. The van der Waals surface area contributed by atoms with Crippen molar-refractivity contribution >= 4 is 17.2 Å². The number of rotatable bonds is 3. The maximum Gasteiger partial charge on any atom is 0.390 e. The summed E-state index contributed by atoms with van der Waals surface area (Å²) in [4.78, 5) is 3.60. The largest absolute Gasteiger partial charge is 0.390 e. The summed E-state index contributed by atoms with van der Waals surface area (Å²) >= 11 is 4.55. The molecule has 0 atom stereocenters. The lowest BCUT2D eigenvalue weighted by atomic mass is 10.4. The Balaban J connectivity index is 2.56. The van der Waals surface area contributed by atoms with Gasteiger partial charge in [0.1, 0.15) is 11.3 Å². The topological polar surface area (TPSA) is 56.7 Å². The molecule has 0 bridgehead atoms. The van der Waals surface area contributed by atoms with Crippen molar-refractivity contribution in [3.05, 3.63) is 12.2 Å². The molecule has 0 fully saturated rings. The zero-order chi connectivity index (χ0) is 10.8. The average molecular weight is 224 g/mol. The van der Waals surface area contributed by atoms with Crippen molar-refractivity contribution in [2.24, 2.45) is 5.73 Å². The Labute approximate surface area is 82.9 Å². The van der Waals surface area contributed by atoms with Crippen LogP contribution in [0.1, 0.15) is 12.2 Å². The van der Waals surface area contributed by atoms with Crippen molar-refractivity contribution in [3.8, 4) is 0 Å². The van der Waals surface area contributed by atoms with E-state index in [1.54, 1.807) is 0 Å². The molecule has 1 aromatic heterocycles. The molecule has 0 aliphatic rings. The highest BCUT2D eigenvalue weighted by atomic mass is 32.1. The summed E-state index contributed by atoms with van der Waals surface area (Å²) in [5, 5.41) is 3.65. The third kappa shape index (κ3) is 3.29. The van der Waals surface area contributed by atoms with Crippen molar-refractivity contribution in [3.63, 3.8) is 0 Å². The van der Waals surface area contributed by atoms with Crippen LogP contribution in [-0.4, -0.2) is 25.9 Å². The van der Waals surface area contributed by atoms with Crippen molar-refractivity contribution in [1.82, 2.24) is 14.8 Å². The lowest BCUT2D eigenvalue weighted by Crippen LogP contribution is -2.14. The van der Waals surface area contributed by atoms with Crippen LogP contribution in [0.15, 0.2) is 6.33 Å². The quantitative estimate of drug-likeness (QED) is 0.774. The SMILES string of the molecule is NC(=S)c1ncn(CCC(F)(F)F)n1. The van der Waals surface area contributed by atoms with E-state index in [0.717, 1.165) is 4.68 Å². The van der Waals surface area contributed by atoms with Gasteiger partial charge in [-0.2, -0.15) is 13.2 Å². The molecule has 1 rings (SSSR count). The minimum atomic E-state index is -4.20. The number of alkyl halides is 3. The molecule has 2 N–H and O–H groups in total. The van der Waals surface area contributed by atoms with Crippen molar-refractivity contribution in [2.75, 3.05) is 0 Å². The highest BCUT2D eigenvalue weighted by Crippen LogP contribution is 2.19. The van der Waals surface area contributed by atoms with Gasteiger partial charge in [0, 0.05) is 0 Å².